The predicted molar refractivity (Wildman–Crippen MR) is 99.0 cm³/mol. The van der Waals surface area contributed by atoms with Gasteiger partial charge in [0.05, 0.1) is 11.4 Å². The maximum atomic E-state index is 4.78. The van der Waals surface area contributed by atoms with E-state index in [0.717, 1.165) is 68.1 Å². The highest BCUT2D eigenvalue weighted by Gasteiger charge is 2.19. The van der Waals surface area contributed by atoms with Crippen LogP contribution >= 0.6 is 0 Å². The summed E-state index contributed by atoms with van der Waals surface area (Å²) in [4.78, 5) is 25.4. The SMILES string of the molecule is Cc1nc(N2CCCC2)ncc1-c1ccnc(N2CCN(C)CC2)n1. The third-order valence-electron chi connectivity index (χ3n) is 5.06. The van der Waals surface area contributed by atoms with E-state index < -0.39 is 0 Å². The third-order valence-corrected chi connectivity index (χ3v) is 5.06. The summed E-state index contributed by atoms with van der Waals surface area (Å²) in [5.41, 5.74) is 2.86. The molecule has 0 amide bonds. The molecule has 4 heterocycles. The lowest BCUT2D eigenvalue weighted by Gasteiger charge is -2.32. The van der Waals surface area contributed by atoms with Gasteiger partial charge in [-0.05, 0) is 32.9 Å². The van der Waals surface area contributed by atoms with Crippen molar-refractivity contribution >= 4 is 11.9 Å². The molecule has 2 aliphatic heterocycles. The molecule has 0 saturated carbocycles. The average Bonchev–Trinajstić information content (AvgIpc) is 3.17. The molecule has 0 atom stereocenters. The first-order valence-corrected chi connectivity index (χ1v) is 9.06. The standard InChI is InChI=1S/C18H25N7/c1-14-15(13-20-18(21-14)24-7-3-4-8-24)16-5-6-19-17(22-16)25-11-9-23(2)10-12-25/h5-6,13H,3-4,7-12H2,1-2H3. The Morgan fingerprint density at radius 3 is 2.24 bits per heavy atom. The molecule has 132 valence electrons. The lowest BCUT2D eigenvalue weighted by atomic mass is 10.2. The summed E-state index contributed by atoms with van der Waals surface area (Å²) in [6.07, 6.45) is 6.20. The maximum Gasteiger partial charge on any atom is 0.225 e. The van der Waals surface area contributed by atoms with Crippen LogP contribution in [-0.2, 0) is 0 Å². The molecule has 0 aliphatic carbocycles. The number of aromatic nitrogens is 4. The van der Waals surface area contributed by atoms with Gasteiger partial charge >= 0.3 is 0 Å². The van der Waals surface area contributed by atoms with Crippen LogP contribution in [-0.4, -0.2) is 71.2 Å². The minimum absolute atomic E-state index is 0.800. The Kier molecular flexibility index (Phi) is 4.48. The molecule has 0 N–H and O–H groups in total. The van der Waals surface area contributed by atoms with Gasteiger partial charge in [0.2, 0.25) is 11.9 Å². The number of rotatable bonds is 3. The predicted octanol–water partition coefficient (Wildman–Crippen LogP) is 1.59. The number of hydrogen-bond acceptors (Lipinski definition) is 7. The Labute approximate surface area is 148 Å². The molecule has 0 bridgehead atoms. The van der Waals surface area contributed by atoms with E-state index in [-0.39, 0.29) is 0 Å². The van der Waals surface area contributed by atoms with E-state index in [1.165, 1.54) is 12.8 Å². The van der Waals surface area contributed by atoms with Crippen molar-refractivity contribution in [3.63, 3.8) is 0 Å². The fourth-order valence-corrected chi connectivity index (χ4v) is 3.43. The zero-order valence-corrected chi connectivity index (χ0v) is 15.0. The van der Waals surface area contributed by atoms with Crippen molar-refractivity contribution in [2.24, 2.45) is 0 Å². The topological polar surface area (TPSA) is 61.3 Å². The van der Waals surface area contributed by atoms with Gasteiger partial charge < -0.3 is 14.7 Å². The van der Waals surface area contributed by atoms with Crippen molar-refractivity contribution in [1.29, 1.82) is 0 Å². The van der Waals surface area contributed by atoms with Crippen LogP contribution in [0.5, 0.6) is 0 Å². The molecular weight excluding hydrogens is 314 g/mol. The van der Waals surface area contributed by atoms with Gasteiger partial charge in [0.1, 0.15) is 0 Å². The number of piperazine rings is 1. The number of aryl methyl sites for hydroxylation is 1. The summed E-state index contributed by atoms with van der Waals surface area (Å²) in [7, 11) is 2.15. The van der Waals surface area contributed by atoms with Gasteiger partial charge in [-0.15, -0.1) is 0 Å². The molecule has 2 fully saturated rings. The Bertz CT molecular complexity index is 734. The second kappa shape index (κ2) is 6.92. The first-order chi connectivity index (χ1) is 12.2. The monoisotopic (exact) mass is 339 g/mol. The van der Waals surface area contributed by atoms with Crippen LogP contribution in [0.1, 0.15) is 18.5 Å². The Hall–Kier alpha value is -2.28. The van der Waals surface area contributed by atoms with Crippen molar-refractivity contribution in [3.8, 4) is 11.3 Å². The van der Waals surface area contributed by atoms with Crippen LogP contribution in [0, 0.1) is 6.92 Å². The van der Waals surface area contributed by atoms with Gasteiger partial charge in [-0.3, -0.25) is 0 Å². The first kappa shape index (κ1) is 16.2. The Balaban J connectivity index is 1.58. The summed E-state index contributed by atoms with van der Waals surface area (Å²) in [6, 6.07) is 1.95. The van der Waals surface area contributed by atoms with Crippen molar-refractivity contribution in [3.05, 3.63) is 24.2 Å². The molecule has 4 rings (SSSR count). The molecular formula is C18H25N7. The van der Waals surface area contributed by atoms with Crippen molar-refractivity contribution in [1.82, 2.24) is 24.8 Å². The van der Waals surface area contributed by atoms with Gasteiger partial charge in [-0.2, -0.15) is 0 Å². The van der Waals surface area contributed by atoms with Crippen LogP contribution in [0.15, 0.2) is 18.5 Å². The lowest BCUT2D eigenvalue weighted by molar-refractivity contribution is 0.311. The van der Waals surface area contributed by atoms with Crippen LogP contribution in [0.4, 0.5) is 11.9 Å². The van der Waals surface area contributed by atoms with E-state index >= 15 is 0 Å². The Morgan fingerprint density at radius 2 is 1.52 bits per heavy atom. The summed E-state index contributed by atoms with van der Waals surface area (Å²) >= 11 is 0. The van der Waals surface area contributed by atoms with Crippen LogP contribution in [0.25, 0.3) is 11.3 Å². The fourth-order valence-electron chi connectivity index (χ4n) is 3.43. The second-order valence-corrected chi connectivity index (χ2v) is 6.90. The molecule has 0 unspecified atom stereocenters. The van der Waals surface area contributed by atoms with E-state index in [1.54, 1.807) is 0 Å². The van der Waals surface area contributed by atoms with E-state index in [1.807, 2.05) is 25.4 Å². The minimum atomic E-state index is 0.800. The number of anilines is 2. The average molecular weight is 339 g/mol. The van der Waals surface area contributed by atoms with E-state index in [4.69, 9.17) is 9.97 Å². The molecule has 0 radical (unpaired) electrons. The molecule has 2 aromatic rings. The normalized spacial score (nSPS) is 18.8. The molecule has 7 heteroatoms. The highest BCUT2D eigenvalue weighted by Crippen LogP contribution is 2.24. The number of nitrogens with zero attached hydrogens (tertiary/aromatic N) is 7. The van der Waals surface area contributed by atoms with Crippen molar-refractivity contribution < 1.29 is 0 Å². The maximum absolute atomic E-state index is 4.78. The summed E-state index contributed by atoms with van der Waals surface area (Å²) in [5, 5.41) is 0. The molecule has 7 nitrogen and oxygen atoms in total. The minimum Gasteiger partial charge on any atom is -0.341 e. The molecule has 25 heavy (non-hydrogen) atoms. The molecule has 0 aromatic carbocycles. The highest BCUT2D eigenvalue weighted by atomic mass is 15.3. The van der Waals surface area contributed by atoms with E-state index in [2.05, 4.69) is 31.7 Å². The smallest absolute Gasteiger partial charge is 0.225 e. The zero-order chi connectivity index (χ0) is 17.2. The third kappa shape index (κ3) is 3.42. The van der Waals surface area contributed by atoms with Gasteiger partial charge in [0, 0.05) is 57.2 Å². The molecule has 2 saturated heterocycles. The number of hydrogen-bond donors (Lipinski definition) is 0. The van der Waals surface area contributed by atoms with E-state index in [0.29, 0.717) is 0 Å². The fraction of sp³-hybridized carbons (Fsp3) is 0.556. The second-order valence-electron chi connectivity index (χ2n) is 6.90. The summed E-state index contributed by atoms with van der Waals surface area (Å²) in [5.74, 6) is 1.64. The van der Waals surface area contributed by atoms with Gasteiger partial charge in [0.15, 0.2) is 0 Å². The zero-order valence-electron chi connectivity index (χ0n) is 15.0. The lowest BCUT2D eigenvalue weighted by Crippen LogP contribution is -2.45. The summed E-state index contributed by atoms with van der Waals surface area (Å²) in [6.45, 7) is 8.15. The highest BCUT2D eigenvalue weighted by molar-refractivity contribution is 5.62. The van der Waals surface area contributed by atoms with Gasteiger partial charge in [0.25, 0.3) is 0 Å². The van der Waals surface area contributed by atoms with Crippen molar-refractivity contribution in [2.75, 3.05) is 56.1 Å². The van der Waals surface area contributed by atoms with Crippen LogP contribution < -0.4 is 9.80 Å². The quantitative estimate of drug-likeness (QED) is 0.841. The molecule has 0 spiro atoms. The largest absolute Gasteiger partial charge is 0.341 e. The van der Waals surface area contributed by atoms with E-state index in [9.17, 15) is 0 Å². The van der Waals surface area contributed by atoms with Crippen LogP contribution in [0.3, 0.4) is 0 Å². The van der Waals surface area contributed by atoms with Gasteiger partial charge in [-0.1, -0.05) is 0 Å². The van der Waals surface area contributed by atoms with Crippen molar-refractivity contribution in [2.45, 2.75) is 19.8 Å². The first-order valence-electron chi connectivity index (χ1n) is 9.06. The summed E-state index contributed by atoms with van der Waals surface area (Å²) < 4.78 is 0. The number of likely N-dealkylation sites (N-methyl/N-ethyl adjacent to an activating group) is 1. The van der Waals surface area contributed by atoms with Gasteiger partial charge in [-0.25, -0.2) is 19.9 Å². The molecule has 2 aromatic heterocycles. The molecule has 2 aliphatic rings. The Morgan fingerprint density at radius 1 is 0.840 bits per heavy atom. The van der Waals surface area contributed by atoms with Crippen LogP contribution in [0.2, 0.25) is 0 Å².